The van der Waals surface area contributed by atoms with Crippen molar-refractivity contribution in [3.05, 3.63) is 35.2 Å². The molecule has 0 spiro atoms. The zero-order chi connectivity index (χ0) is 29.9. The number of ether oxygens (including phenoxy) is 2. The first-order valence-corrected chi connectivity index (χ1v) is 17.0. The molecule has 40 heavy (non-hydrogen) atoms. The van der Waals surface area contributed by atoms with Gasteiger partial charge in [0.25, 0.3) is 0 Å². The third-order valence-corrected chi connectivity index (χ3v) is 8.68. The van der Waals surface area contributed by atoms with E-state index in [1.54, 1.807) is 13.8 Å². The molecule has 0 heterocycles. The molecule has 1 aromatic carbocycles. The summed E-state index contributed by atoms with van der Waals surface area (Å²) in [6.07, 6.45) is 18.5. The van der Waals surface area contributed by atoms with Crippen LogP contribution in [0.15, 0.2) is 35.1 Å². The lowest BCUT2D eigenvalue weighted by Gasteiger charge is -2.26. The van der Waals surface area contributed by atoms with Crippen molar-refractivity contribution >= 4 is 33.3 Å². The summed E-state index contributed by atoms with van der Waals surface area (Å²) in [4.78, 5) is 11.9. The normalized spacial score (nSPS) is 12.4. The highest BCUT2D eigenvalue weighted by Gasteiger charge is 2.26. The van der Waals surface area contributed by atoms with Crippen LogP contribution in [0.25, 0.3) is 0 Å². The summed E-state index contributed by atoms with van der Waals surface area (Å²) in [6, 6.07) is 4.41. The summed E-state index contributed by atoms with van der Waals surface area (Å²) in [5.41, 5.74) is -0.285. The molecule has 0 bridgehead atoms. The van der Waals surface area contributed by atoms with Crippen molar-refractivity contribution in [2.24, 2.45) is 0 Å². The molecule has 0 aliphatic carbocycles. The molecule has 0 unspecified atom stereocenters. The molecular weight excluding hydrogens is 548 g/mol. The van der Waals surface area contributed by atoms with Crippen molar-refractivity contribution in [3.8, 4) is 0 Å². The Balaban J connectivity index is 2.55. The Morgan fingerprint density at radius 3 is 1.90 bits per heavy atom. The Labute approximate surface area is 248 Å². The maximum Gasteiger partial charge on any atom is 0.336 e. The van der Waals surface area contributed by atoms with Gasteiger partial charge in [0.05, 0.1) is 34.9 Å². The largest absolute Gasteiger partial charge is 0.479 e. The van der Waals surface area contributed by atoms with Crippen LogP contribution in [0.1, 0.15) is 125 Å². The summed E-state index contributed by atoms with van der Waals surface area (Å²) < 4.78 is 39.7. The van der Waals surface area contributed by atoms with E-state index in [1.165, 1.54) is 94.9 Å². The van der Waals surface area contributed by atoms with E-state index in [-0.39, 0.29) is 17.4 Å². The van der Waals surface area contributed by atoms with Crippen molar-refractivity contribution in [1.82, 2.24) is 4.72 Å². The van der Waals surface area contributed by atoms with Gasteiger partial charge in [-0.05, 0) is 52.3 Å². The molecule has 0 aliphatic rings. The average molecular weight is 601 g/mol. The molecule has 0 atom stereocenters. The molecule has 1 rings (SSSR count). The van der Waals surface area contributed by atoms with Gasteiger partial charge in [-0.2, -0.15) is 0 Å². The quantitative estimate of drug-likeness (QED) is 0.0564. The molecule has 2 N–H and O–H groups in total. The van der Waals surface area contributed by atoms with Crippen LogP contribution in [0, 0.1) is 0 Å². The Kier molecular flexibility index (Phi) is 18.3. The van der Waals surface area contributed by atoms with Gasteiger partial charge in [0.15, 0.2) is 5.88 Å². The zero-order valence-electron chi connectivity index (χ0n) is 25.5. The number of carbonyl (C=O) groups is 1. The first-order valence-electron chi connectivity index (χ1n) is 15.2. The van der Waals surface area contributed by atoms with Gasteiger partial charge in [0.2, 0.25) is 10.0 Å². The third-order valence-electron chi connectivity index (χ3n) is 6.66. The summed E-state index contributed by atoms with van der Waals surface area (Å²) in [5.74, 6) is -0.456. The number of rotatable bonds is 23. The van der Waals surface area contributed by atoms with Crippen LogP contribution in [0.2, 0.25) is 5.02 Å². The highest BCUT2D eigenvalue weighted by atomic mass is 35.5. The first kappa shape index (κ1) is 36.3. The maximum atomic E-state index is 13.2. The van der Waals surface area contributed by atoms with E-state index in [9.17, 15) is 13.2 Å². The second-order valence-electron chi connectivity index (χ2n) is 10.9. The lowest BCUT2D eigenvalue weighted by Crippen LogP contribution is -2.43. The number of sulfonamides is 1. The van der Waals surface area contributed by atoms with E-state index in [2.05, 4.69) is 17.0 Å². The number of halogens is 1. The van der Waals surface area contributed by atoms with Gasteiger partial charge in [-0.25, -0.2) is 17.9 Å². The molecule has 1 aromatic rings. The number of carbonyl (C=O) groups excluding carboxylic acids is 1. The Bertz CT molecular complexity index is 995. The Morgan fingerprint density at radius 1 is 0.850 bits per heavy atom. The molecule has 230 valence electrons. The fourth-order valence-corrected chi connectivity index (χ4v) is 6.15. The van der Waals surface area contributed by atoms with E-state index in [0.717, 1.165) is 19.3 Å². The van der Waals surface area contributed by atoms with Gasteiger partial charge in [0, 0.05) is 5.54 Å². The molecule has 7 nitrogen and oxygen atoms in total. The molecule has 0 aliphatic heterocycles. The highest BCUT2D eigenvalue weighted by molar-refractivity contribution is 7.89. The monoisotopic (exact) mass is 600 g/mol. The lowest BCUT2D eigenvalue weighted by molar-refractivity contribution is -0.137. The van der Waals surface area contributed by atoms with Gasteiger partial charge < -0.3 is 14.8 Å². The van der Waals surface area contributed by atoms with Gasteiger partial charge >= 0.3 is 5.97 Å². The fourth-order valence-electron chi connectivity index (χ4n) is 4.52. The van der Waals surface area contributed by atoms with Gasteiger partial charge in [-0.15, -0.1) is 0 Å². The standard InChI is InChI=1S/C31H53ClN2O5S/c1-6-9-10-11-12-13-14-15-16-17-18-19-20-23-31(4,5)34-40(36,37)26-21-22-27(32)28(24-26)33-29(38-7-2)25-30(35)39-8-3/h21-22,24-25,33-34H,6-20,23H2,1-5H3/b29-25-. The Hall–Kier alpha value is -1.77. The Morgan fingerprint density at radius 2 is 1.38 bits per heavy atom. The van der Waals surface area contributed by atoms with Crippen LogP contribution < -0.4 is 10.0 Å². The van der Waals surface area contributed by atoms with E-state index in [1.807, 2.05) is 13.8 Å². The van der Waals surface area contributed by atoms with Gasteiger partial charge in [-0.1, -0.05) is 102 Å². The lowest BCUT2D eigenvalue weighted by atomic mass is 9.97. The van der Waals surface area contributed by atoms with Crippen LogP contribution in [0.4, 0.5) is 5.69 Å². The SMILES string of the molecule is CCCCCCCCCCCCCCCC(C)(C)NS(=O)(=O)c1ccc(Cl)c(N/C(=C/C(=O)OCC)OCC)c1. The molecule has 0 saturated heterocycles. The van der Waals surface area contributed by atoms with Crippen LogP contribution >= 0.6 is 11.6 Å². The number of nitrogens with one attached hydrogen (secondary N) is 2. The second-order valence-corrected chi connectivity index (χ2v) is 13.0. The first-order chi connectivity index (χ1) is 19.0. The van der Waals surface area contributed by atoms with Crippen molar-refractivity contribution in [2.45, 2.75) is 135 Å². The van der Waals surface area contributed by atoms with Crippen LogP contribution in [0.5, 0.6) is 0 Å². The number of unbranched alkanes of at least 4 members (excludes halogenated alkanes) is 12. The minimum absolute atomic E-state index is 0.0739. The third kappa shape index (κ3) is 15.9. The second kappa shape index (κ2) is 20.2. The molecule has 0 aromatic heterocycles. The molecule has 0 saturated carbocycles. The highest BCUT2D eigenvalue weighted by Crippen LogP contribution is 2.28. The van der Waals surface area contributed by atoms with Crippen LogP contribution in [0.3, 0.4) is 0 Å². The van der Waals surface area contributed by atoms with E-state index >= 15 is 0 Å². The van der Waals surface area contributed by atoms with E-state index in [4.69, 9.17) is 21.1 Å². The predicted octanol–water partition coefficient (Wildman–Crippen LogP) is 8.73. The van der Waals surface area contributed by atoms with Gasteiger partial charge in [0.1, 0.15) is 0 Å². The van der Waals surface area contributed by atoms with Crippen molar-refractivity contribution in [1.29, 1.82) is 0 Å². The average Bonchev–Trinajstić information content (AvgIpc) is 2.87. The summed E-state index contributed by atoms with van der Waals surface area (Å²) >= 11 is 6.31. The van der Waals surface area contributed by atoms with Crippen LogP contribution in [-0.4, -0.2) is 33.1 Å². The number of hydrogen-bond acceptors (Lipinski definition) is 6. The molecule has 0 amide bonds. The minimum atomic E-state index is -3.81. The van der Waals surface area contributed by atoms with Crippen molar-refractivity contribution in [2.75, 3.05) is 18.5 Å². The number of benzene rings is 1. The topological polar surface area (TPSA) is 93.7 Å². The molecular formula is C31H53ClN2O5S. The van der Waals surface area contributed by atoms with E-state index in [0.29, 0.717) is 17.3 Å². The number of hydrogen-bond donors (Lipinski definition) is 2. The van der Waals surface area contributed by atoms with Gasteiger partial charge in [-0.3, -0.25) is 0 Å². The number of anilines is 1. The molecule has 0 fully saturated rings. The smallest absolute Gasteiger partial charge is 0.336 e. The summed E-state index contributed by atoms with van der Waals surface area (Å²) in [7, 11) is -3.81. The predicted molar refractivity (Wildman–Crippen MR) is 166 cm³/mol. The minimum Gasteiger partial charge on any atom is -0.479 e. The summed E-state index contributed by atoms with van der Waals surface area (Å²) in [6.45, 7) is 10.1. The molecule has 0 radical (unpaired) electrons. The number of esters is 1. The van der Waals surface area contributed by atoms with Crippen LogP contribution in [-0.2, 0) is 24.3 Å². The van der Waals surface area contributed by atoms with Crippen molar-refractivity contribution < 1.29 is 22.7 Å². The van der Waals surface area contributed by atoms with E-state index < -0.39 is 21.5 Å². The molecule has 9 heteroatoms. The van der Waals surface area contributed by atoms with Crippen molar-refractivity contribution in [3.63, 3.8) is 0 Å². The zero-order valence-corrected chi connectivity index (χ0v) is 27.0. The fraction of sp³-hybridized carbons (Fsp3) is 0.710. The maximum absolute atomic E-state index is 13.2. The summed E-state index contributed by atoms with van der Waals surface area (Å²) in [5, 5.41) is 3.20.